The zero-order valence-corrected chi connectivity index (χ0v) is 14.0. The van der Waals surface area contributed by atoms with Crippen molar-refractivity contribution in [3.8, 4) is 11.5 Å². The summed E-state index contributed by atoms with van der Waals surface area (Å²) in [7, 11) is -1.23. The Balaban J connectivity index is 2.26. The molecule has 23 heavy (non-hydrogen) atoms. The Hall–Kier alpha value is -2.17. The van der Waals surface area contributed by atoms with E-state index < -0.39 is 15.9 Å². The van der Waals surface area contributed by atoms with Gasteiger partial charge in [-0.15, -0.1) is 11.3 Å². The second-order valence-electron chi connectivity index (χ2n) is 4.27. The molecule has 0 saturated carbocycles. The second kappa shape index (κ2) is 6.94. The van der Waals surface area contributed by atoms with E-state index in [1.165, 1.54) is 38.6 Å². The number of carbonyl (C=O) groups is 1. The summed E-state index contributed by atoms with van der Waals surface area (Å²) in [6.45, 7) is 0.181. The van der Waals surface area contributed by atoms with Crippen LogP contribution < -0.4 is 19.9 Å². The fourth-order valence-electron chi connectivity index (χ4n) is 1.72. The first kappa shape index (κ1) is 17.2. The van der Waals surface area contributed by atoms with Crippen molar-refractivity contribution in [3.05, 3.63) is 34.3 Å². The lowest BCUT2D eigenvalue weighted by atomic mass is 10.3. The van der Waals surface area contributed by atoms with Crippen LogP contribution >= 0.6 is 11.3 Å². The number of nitrogens with two attached hydrogens (primary N) is 1. The van der Waals surface area contributed by atoms with Crippen LogP contribution in [0.4, 0.5) is 0 Å². The third-order valence-electron chi connectivity index (χ3n) is 2.84. The molecule has 0 spiro atoms. The number of carbonyl (C=O) groups excluding carboxylic acids is 1. The highest BCUT2D eigenvalue weighted by molar-refractivity contribution is 7.90. The summed E-state index contributed by atoms with van der Waals surface area (Å²) in [5, 5.41) is 0.540. The van der Waals surface area contributed by atoms with E-state index in [0.29, 0.717) is 10.8 Å². The van der Waals surface area contributed by atoms with Gasteiger partial charge in [0.25, 0.3) is 15.9 Å². The van der Waals surface area contributed by atoms with Crippen LogP contribution in [0.3, 0.4) is 0 Å². The highest BCUT2D eigenvalue weighted by Gasteiger charge is 2.22. The molecule has 1 aromatic carbocycles. The largest absolute Gasteiger partial charge is 0.493 e. The van der Waals surface area contributed by atoms with Crippen molar-refractivity contribution in [3.63, 3.8) is 0 Å². The van der Waals surface area contributed by atoms with Gasteiger partial charge in [0.15, 0.2) is 11.5 Å². The zero-order valence-electron chi connectivity index (χ0n) is 12.4. The number of nitrogens with zero attached hydrogens (tertiary/aromatic N) is 1. The highest BCUT2D eigenvalue weighted by atomic mass is 32.2. The minimum atomic E-state index is -4.05. The summed E-state index contributed by atoms with van der Waals surface area (Å²) in [5.74, 6) is -0.143. The van der Waals surface area contributed by atoms with Gasteiger partial charge >= 0.3 is 0 Å². The average Bonchev–Trinajstić information content (AvgIpc) is 3.03. The van der Waals surface area contributed by atoms with Gasteiger partial charge in [0.1, 0.15) is 9.88 Å². The predicted molar refractivity (Wildman–Crippen MR) is 84.2 cm³/mol. The molecule has 0 bridgehead atoms. The van der Waals surface area contributed by atoms with E-state index in [1.807, 2.05) is 4.72 Å². The quantitative estimate of drug-likeness (QED) is 0.782. The molecule has 2 aromatic rings. The lowest BCUT2D eigenvalue weighted by Crippen LogP contribution is -2.30. The fraction of sp³-hybridized carbons (Fsp3) is 0.231. The van der Waals surface area contributed by atoms with E-state index in [2.05, 4.69) is 4.98 Å². The second-order valence-corrected chi connectivity index (χ2v) is 7.07. The molecule has 10 heteroatoms. The molecular formula is C13H15N3O5S2. The maximum absolute atomic E-state index is 12.3. The molecule has 0 radical (unpaired) electrons. The number of benzene rings is 1. The van der Waals surface area contributed by atoms with E-state index >= 15 is 0 Å². The van der Waals surface area contributed by atoms with Crippen molar-refractivity contribution >= 4 is 27.3 Å². The Bertz CT molecular complexity index is 817. The van der Waals surface area contributed by atoms with Gasteiger partial charge in [-0.25, -0.2) is 18.1 Å². The summed E-state index contributed by atoms with van der Waals surface area (Å²) in [5.41, 5.74) is 5.41. The SMILES string of the molecule is COc1ccc(S(=O)(=O)NC(=O)c2cnc(CN)s2)cc1OC. The molecule has 2 rings (SSSR count). The van der Waals surface area contributed by atoms with Gasteiger partial charge in [-0.2, -0.15) is 0 Å². The summed E-state index contributed by atoms with van der Waals surface area (Å²) in [6.07, 6.45) is 1.28. The third-order valence-corrected chi connectivity index (χ3v) is 5.19. The van der Waals surface area contributed by atoms with Crippen molar-refractivity contribution in [2.45, 2.75) is 11.4 Å². The van der Waals surface area contributed by atoms with E-state index in [1.54, 1.807) is 0 Å². The van der Waals surface area contributed by atoms with E-state index in [0.717, 1.165) is 11.3 Å². The Labute approximate surface area is 137 Å². The first-order valence-electron chi connectivity index (χ1n) is 6.35. The maximum Gasteiger partial charge on any atom is 0.276 e. The monoisotopic (exact) mass is 357 g/mol. The standard InChI is InChI=1S/C13H15N3O5S2/c1-20-9-4-3-8(5-10(9)21-2)23(18,19)16-13(17)11-7-15-12(6-14)22-11/h3-5,7H,6,14H2,1-2H3,(H,16,17). The summed E-state index contributed by atoms with van der Waals surface area (Å²) >= 11 is 1.03. The van der Waals surface area contributed by atoms with Crippen LogP contribution in [0.25, 0.3) is 0 Å². The van der Waals surface area contributed by atoms with Crippen LogP contribution in [-0.4, -0.2) is 33.5 Å². The first-order chi connectivity index (χ1) is 10.9. The van der Waals surface area contributed by atoms with E-state index in [-0.39, 0.29) is 22.1 Å². The van der Waals surface area contributed by atoms with Crippen LogP contribution in [0, 0.1) is 0 Å². The van der Waals surface area contributed by atoms with Crippen molar-refractivity contribution in [2.75, 3.05) is 14.2 Å². The number of hydrogen-bond donors (Lipinski definition) is 2. The lowest BCUT2D eigenvalue weighted by Gasteiger charge is -2.10. The number of rotatable bonds is 6. The molecule has 124 valence electrons. The maximum atomic E-state index is 12.3. The molecule has 0 aliphatic heterocycles. The summed E-state index contributed by atoms with van der Waals surface area (Å²) < 4.78 is 36.7. The topological polar surface area (TPSA) is 121 Å². The molecule has 0 aliphatic carbocycles. The minimum absolute atomic E-state index is 0.118. The molecule has 1 heterocycles. The van der Waals surface area contributed by atoms with Crippen LogP contribution in [-0.2, 0) is 16.6 Å². The zero-order chi connectivity index (χ0) is 17.0. The highest BCUT2D eigenvalue weighted by Crippen LogP contribution is 2.29. The molecule has 0 saturated heterocycles. The van der Waals surface area contributed by atoms with Crippen LogP contribution in [0.5, 0.6) is 11.5 Å². The lowest BCUT2D eigenvalue weighted by molar-refractivity contribution is 0.0985. The molecule has 8 nitrogen and oxygen atoms in total. The van der Waals surface area contributed by atoms with Crippen LogP contribution in [0.15, 0.2) is 29.3 Å². The summed E-state index contributed by atoms with van der Waals surface area (Å²) in [4.78, 5) is 16.0. The molecule has 3 N–H and O–H groups in total. The van der Waals surface area contributed by atoms with Gasteiger partial charge in [-0.05, 0) is 12.1 Å². The van der Waals surface area contributed by atoms with Crippen molar-refractivity contribution < 1.29 is 22.7 Å². The number of sulfonamides is 1. The van der Waals surface area contributed by atoms with Gasteiger partial charge in [-0.1, -0.05) is 0 Å². The van der Waals surface area contributed by atoms with Gasteiger partial charge in [0.2, 0.25) is 0 Å². The number of ether oxygens (including phenoxy) is 2. The Kier molecular flexibility index (Phi) is 5.19. The van der Waals surface area contributed by atoms with Gasteiger partial charge < -0.3 is 15.2 Å². The first-order valence-corrected chi connectivity index (χ1v) is 8.65. The van der Waals surface area contributed by atoms with Crippen LogP contribution in [0.2, 0.25) is 0 Å². The Morgan fingerprint density at radius 3 is 2.57 bits per heavy atom. The minimum Gasteiger partial charge on any atom is -0.493 e. The molecule has 1 aromatic heterocycles. The van der Waals surface area contributed by atoms with Crippen molar-refractivity contribution in [1.82, 2.24) is 9.71 Å². The normalized spacial score (nSPS) is 11.1. The summed E-state index contributed by atoms with van der Waals surface area (Å²) in [6, 6.07) is 4.03. The number of amides is 1. The van der Waals surface area contributed by atoms with Gasteiger partial charge in [0, 0.05) is 12.6 Å². The number of hydrogen-bond acceptors (Lipinski definition) is 8. The van der Waals surface area contributed by atoms with Crippen molar-refractivity contribution in [1.29, 1.82) is 0 Å². The van der Waals surface area contributed by atoms with E-state index in [9.17, 15) is 13.2 Å². The van der Waals surface area contributed by atoms with Gasteiger partial charge in [-0.3, -0.25) is 4.79 Å². The molecule has 0 unspecified atom stereocenters. The number of thiazole rings is 1. The predicted octanol–water partition coefficient (Wildman–Crippen LogP) is 0.738. The van der Waals surface area contributed by atoms with Crippen LogP contribution in [0.1, 0.15) is 14.7 Å². The number of aromatic nitrogens is 1. The Morgan fingerprint density at radius 2 is 2.00 bits per heavy atom. The van der Waals surface area contributed by atoms with Crippen molar-refractivity contribution in [2.24, 2.45) is 5.73 Å². The molecule has 0 fully saturated rings. The smallest absolute Gasteiger partial charge is 0.276 e. The molecular weight excluding hydrogens is 342 g/mol. The number of nitrogens with one attached hydrogen (secondary N) is 1. The number of methoxy groups -OCH3 is 2. The molecule has 1 amide bonds. The average molecular weight is 357 g/mol. The Morgan fingerprint density at radius 1 is 1.30 bits per heavy atom. The van der Waals surface area contributed by atoms with E-state index in [4.69, 9.17) is 15.2 Å². The third kappa shape index (κ3) is 3.78. The molecule has 0 aliphatic rings. The van der Waals surface area contributed by atoms with Gasteiger partial charge in [0.05, 0.1) is 25.3 Å². The fourth-order valence-corrected chi connectivity index (χ4v) is 3.46. The molecule has 0 atom stereocenters.